The fraction of sp³-hybridized carbons (Fsp3) is 0.310. The largest absolute Gasteiger partial charge is 0.352 e. The molecule has 222 valence electrons. The molecule has 0 radical (unpaired) electrons. The van der Waals surface area contributed by atoms with Gasteiger partial charge in [-0.25, -0.2) is 8.42 Å². The van der Waals surface area contributed by atoms with Gasteiger partial charge in [0.2, 0.25) is 11.8 Å². The molecule has 3 aromatic rings. The smallest absolute Gasteiger partial charge is 0.271 e. The maximum absolute atomic E-state index is 14.0. The summed E-state index contributed by atoms with van der Waals surface area (Å²) in [6.07, 6.45) is 3.69. The van der Waals surface area contributed by atoms with Gasteiger partial charge in [0.25, 0.3) is 15.7 Å². The van der Waals surface area contributed by atoms with E-state index in [0.717, 1.165) is 36.1 Å². The van der Waals surface area contributed by atoms with Crippen molar-refractivity contribution in [2.24, 2.45) is 0 Å². The molecule has 2 amide bonds. The summed E-state index contributed by atoms with van der Waals surface area (Å²) >= 11 is 12.3. The molecule has 42 heavy (non-hydrogen) atoms. The van der Waals surface area contributed by atoms with Crippen molar-refractivity contribution in [3.63, 3.8) is 0 Å². The Kier molecular flexibility index (Phi) is 10.1. The van der Waals surface area contributed by atoms with E-state index in [-0.39, 0.29) is 39.8 Å². The Morgan fingerprint density at radius 3 is 2.33 bits per heavy atom. The third kappa shape index (κ3) is 7.39. The standard InChI is InChI=1S/C29H30Cl2N4O6S/c1-20(29(37)32-22-8-5-6-9-22)33(18-21-14-15-26(30)27(31)16-21)28(36)19-34(23-10-7-11-24(17-23)35(38)39)42(40,41)25-12-3-2-4-13-25/h2-4,7,10-17,20,22H,5-6,8-9,18-19H2,1H3,(H,32,37). The lowest BCUT2D eigenvalue weighted by Gasteiger charge is -2.32. The Labute approximate surface area is 254 Å². The topological polar surface area (TPSA) is 130 Å². The molecular weight excluding hydrogens is 603 g/mol. The second kappa shape index (κ2) is 13.5. The first-order valence-electron chi connectivity index (χ1n) is 13.3. The Morgan fingerprint density at radius 1 is 1.00 bits per heavy atom. The zero-order chi connectivity index (χ0) is 30.4. The number of benzene rings is 3. The summed E-state index contributed by atoms with van der Waals surface area (Å²) in [6.45, 7) is 0.785. The number of nitro benzene ring substituents is 1. The molecule has 1 saturated carbocycles. The number of hydrogen-bond donors (Lipinski definition) is 1. The van der Waals surface area contributed by atoms with E-state index in [2.05, 4.69) is 5.32 Å². The maximum Gasteiger partial charge on any atom is 0.271 e. The summed E-state index contributed by atoms with van der Waals surface area (Å²) in [5.41, 5.74) is 0.162. The van der Waals surface area contributed by atoms with E-state index in [1.54, 1.807) is 31.2 Å². The molecular formula is C29H30Cl2N4O6S. The van der Waals surface area contributed by atoms with Gasteiger partial charge >= 0.3 is 0 Å². The van der Waals surface area contributed by atoms with Gasteiger partial charge in [0, 0.05) is 24.7 Å². The highest BCUT2D eigenvalue weighted by Crippen LogP contribution is 2.28. The molecule has 0 saturated heterocycles. The first-order valence-corrected chi connectivity index (χ1v) is 15.5. The van der Waals surface area contributed by atoms with E-state index in [1.165, 1.54) is 47.4 Å². The number of rotatable bonds is 11. The van der Waals surface area contributed by atoms with Crippen LogP contribution in [0.4, 0.5) is 11.4 Å². The first kappa shape index (κ1) is 31.3. The monoisotopic (exact) mass is 632 g/mol. The molecule has 4 rings (SSSR count). The van der Waals surface area contributed by atoms with Gasteiger partial charge in [-0.15, -0.1) is 0 Å². The number of anilines is 1. The third-order valence-electron chi connectivity index (χ3n) is 7.14. The van der Waals surface area contributed by atoms with Crippen LogP contribution in [0.1, 0.15) is 38.2 Å². The van der Waals surface area contributed by atoms with Gasteiger partial charge in [-0.05, 0) is 55.7 Å². The van der Waals surface area contributed by atoms with Gasteiger partial charge in [-0.1, -0.05) is 66.4 Å². The van der Waals surface area contributed by atoms with Crippen LogP contribution in [0, 0.1) is 10.1 Å². The molecule has 1 aliphatic carbocycles. The van der Waals surface area contributed by atoms with Crippen molar-refractivity contribution in [2.75, 3.05) is 10.8 Å². The van der Waals surface area contributed by atoms with E-state index in [0.29, 0.717) is 10.6 Å². The second-order valence-electron chi connectivity index (χ2n) is 10.0. The highest BCUT2D eigenvalue weighted by atomic mass is 35.5. The molecule has 0 aromatic heterocycles. The molecule has 0 heterocycles. The summed E-state index contributed by atoms with van der Waals surface area (Å²) < 4.78 is 28.5. The predicted octanol–water partition coefficient (Wildman–Crippen LogP) is 5.57. The summed E-state index contributed by atoms with van der Waals surface area (Å²) in [4.78, 5) is 39.3. The molecule has 0 aliphatic heterocycles. The van der Waals surface area contributed by atoms with Gasteiger partial charge in [-0.3, -0.25) is 24.0 Å². The van der Waals surface area contributed by atoms with Crippen molar-refractivity contribution >= 4 is 56.4 Å². The predicted molar refractivity (Wildman–Crippen MR) is 161 cm³/mol. The van der Waals surface area contributed by atoms with Crippen LogP contribution in [-0.2, 0) is 26.2 Å². The third-order valence-corrected chi connectivity index (χ3v) is 9.67. The number of carbonyl (C=O) groups is 2. The number of halogens is 2. The highest BCUT2D eigenvalue weighted by molar-refractivity contribution is 7.92. The summed E-state index contributed by atoms with van der Waals surface area (Å²) in [5.74, 6) is -1.07. The minimum atomic E-state index is -4.35. The average molecular weight is 634 g/mol. The van der Waals surface area contributed by atoms with Gasteiger partial charge in [0.05, 0.1) is 25.6 Å². The molecule has 3 aromatic carbocycles. The van der Waals surface area contributed by atoms with Crippen LogP contribution in [0.5, 0.6) is 0 Å². The van der Waals surface area contributed by atoms with E-state index in [1.807, 2.05) is 0 Å². The summed E-state index contributed by atoms with van der Waals surface area (Å²) in [5, 5.41) is 15.1. The Hall–Kier alpha value is -3.67. The molecule has 1 aliphatic rings. The van der Waals surface area contributed by atoms with Crippen molar-refractivity contribution in [2.45, 2.75) is 56.1 Å². The van der Waals surface area contributed by atoms with Crippen LogP contribution in [-0.4, -0.2) is 48.7 Å². The number of hydrogen-bond acceptors (Lipinski definition) is 6. The summed E-state index contributed by atoms with van der Waals surface area (Å²) in [7, 11) is -4.35. The van der Waals surface area contributed by atoms with E-state index < -0.39 is 33.4 Å². The Balaban J connectivity index is 1.72. The number of nitro groups is 1. The molecule has 10 nitrogen and oxygen atoms in total. The normalized spacial score (nSPS) is 14.3. The maximum atomic E-state index is 14.0. The number of carbonyl (C=O) groups excluding carboxylic acids is 2. The van der Waals surface area contributed by atoms with Gasteiger partial charge < -0.3 is 10.2 Å². The van der Waals surface area contributed by atoms with E-state index in [4.69, 9.17) is 23.2 Å². The van der Waals surface area contributed by atoms with Crippen LogP contribution in [0.25, 0.3) is 0 Å². The molecule has 0 bridgehead atoms. The molecule has 1 unspecified atom stereocenters. The van der Waals surface area contributed by atoms with Gasteiger partial charge in [0.15, 0.2) is 0 Å². The fourth-order valence-electron chi connectivity index (χ4n) is 4.82. The van der Waals surface area contributed by atoms with Gasteiger partial charge in [-0.2, -0.15) is 0 Å². The quantitative estimate of drug-likeness (QED) is 0.217. The van der Waals surface area contributed by atoms with Gasteiger partial charge in [0.1, 0.15) is 12.6 Å². The van der Waals surface area contributed by atoms with Crippen LogP contribution in [0.15, 0.2) is 77.7 Å². The lowest BCUT2D eigenvalue weighted by atomic mass is 10.1. The molecule has 1 N–H and O–H groups in total. The van der Waals surface area contributed by atoms with Crippen molar-refractivity contribution in [1.29, 1.82) is 0 Å². The van der Waals surface area contributed by atoms with Crippen LogP contribution in [0.2, 0.25) is 10.0 Å². The van der Waals surface area contributed by atoms with Crippen molar-refractivity contribution < 1.29 is 22.9 Å². The van der Waals surface area contributed by atoms with E-state index >= 15 is 0 Å². The lowest BCUT2D eigenvalue weighted by Crippen LogP contribution is -2.52. The minimum Gasteiger partial charge on any atom is -0.352 e. The number of non-ortho nitro benzene ring substituents is 1. The number of nitrogens with one attached hydrogen (secondary N) is 1. The van der Waals surface area contributed by atoms with Crippen molar-refractivity contribution in [1.82, 2.24) is 10.2 Å². The lowest BCUT2D eigenvalue weighted by molar-refractivity contribution is -0.384. The highest BCUT2D eigenvalue weighted by Gasteiger charge is 2.34. The number of amides is 2. The Morgan fingerprint density at radius 2 is 1.69 bits per heavy atom. The van der Waals surface area contributed by atoms with Crippen molar-refractivity contribution in [3.05, 3.63) is 98.5 Å². The molecule has 13 heteroatoms. The van der Waals surface area contributed by atoms with Crippen LogP contribution >= 0.6 is 23.2 Å². The average Bonchev–Trinajstić information content (AvgIpc) is 3.49. The summed E-state index contributed by atoms with van der Waals surface area (Å²) in [6, 6.07) is 16.3. The SMILES string of the molecule is CC(C(=O)NC1CCCC1)N(Cc1ccc(Cl)c(Cl)c1)C(=O)CN(c1cccc([N+](=O)[O-])c1)S(=O)(=O)c1ccccc1. The number of nitrogens with zero attached hydrogens (tertiary/aromatic N) is 3. The van der Waals surface area contributed by atoms with Crippen LogP contribution < -0.4 is 9.62 Å². The first-order chi connectivity index (χ1) is 20.0. The number of sulfonamides is 1. The van der Waals surface area contributed by atoms with E-state index in [9.17, 15) is 28.1 Å². The molecule has 1 atom stereocenters. The molecule has 0 spiro atoms. The molecule has 1 fully saturated rings. The minimum absolute atomic E-state index is 0.00158. The zero-order valence-corrected chi connectivity index (χ0v) is 25.1. The van der Waals surface area contributed by atoms with Crippen LogP contribution in [0.3, 0.4) is 0 Å². The Bertz CT molecular complexity index is 1570. The van der Waals surface area contributed by atoms with Crippen molar-refractivity contribution in [3.8, 4) is 0 Å². The fourth-order valence-corrected chi connectivity index (χ4v) is 6.57. The second-order valence-corrected chi connectivity index (χ2v) is 12.7. The zero-order valence-electron chi connectivity index (χ0n) is 22.8.